The topological polar surface area (TPSA) is 54.7 Å². The van der Waals surface area contributed by atoms with Crippen molar-refractivity contribution in [2.24, 2.45) is 0 Å². The average molecular weight is 226 g/mol. The van der Waals surface area contributed by atoms with E-state index in [0.717, 1.165) is 13.1 Å². The fourth-order valence-corrected chi connectivity index (χ4v) is 1.44. The van der Waals surface area contributed by atoms with Crippen molar-refractivity contribution < 1.29 is 14.6 Å². The second kappa shape index (κ2) is 6.30. The van der Waals surface area contributed by atoms with Gasteiger partial charge in [-0.15, -0.1) is 0 Å². The Hall–Kier alpha value is -1.33. The molecule has 16 heavy (non-hydrogen) atoms. The summed E-state index contributed by atoms with van der Waals surface area (Å²) < 4.78 is 6.71. The Bertz CT molecular complexity index is 336. The third kappa shape index (κ3) is 3.67. The average Bonchev–Trinajstić information content (AvgIpc) is 2.71. The van der Waals surface area contributed by atoms with Crippen LogP contribution < -0.4 is 0 Å². The van der Waals surface area contributed by atoms with Gasteiger partial charge in [-0.3, -0.25) is 0 Å². The molecule has 0 aliphatic rings. The first-order valence-electron chi connectivity index (χ1n) is 5.21. The van der Waals surface area contributed by atoms with E-state index in [2.05, 4.69) is 4.90 Å². The molecule has 0 unspecified atom stereocenters. The second-order valence-electron chi connectivity index (χ2n) is 3.69. The molecule has 90 valence electrons. The molecule has 5 heteroatoms. The van der Waals surface area contributed by atoms with Crippen molar-refractivity contribution in [3.63, 3.8) is 0 Å². The molecule has 0 atom stereocenters. The molecule has 5 nitrogen and oxygen atoms in total. The van der Waals surface area contributed by atoms with E-state index in [1.807, 2.05) is 7.05 Å². The fourth-order valence-electron chi connectivity index (χ4n) is 1.44. The van der Waals surface area contributed by atoms with Crippen LogP contribution >= 0.6 is 0 Å². The molecule has 0 saturated carbocycles. The van der Waals surface area contributed by atoms with Crippen LogP contribution in [0.1, 0.15) is 10.5 Å². The molecule has 0 bridgehead atoms. The van der Waals surface area contributed by atoms with Crippen LogP contribution in [-0.2, 0) is 11.3 Å². The molecule has 0 aliphatic carbocycles. The molecular weight excluding hydrogens is 208 g/mol. The van der Waals surface area contributed by atoms with Gasteiger partial charge in [0.2, 0.25) is 0 Å². The van der Waals surface area contributed by atoms with E-state index in [1.54, 1.807) is 30.0 Å². The number of ether oxygens (including phenoxy) is 1. The van der Waals surface area contributed by atoms with Crippen LogP contribution in [0.3, 0.4) is 0 Å². The first-order chi connectivity index (χ1) is 7.65. The SMILES string of the molecule is COCCN(C)CCn1cccc1C(=O)O. The molecular formula is C11H18N2O3. The normalized spacial score (nSPS) is 10.9. The Morgan fingerprint density at radius 1 is 1.56 bits per heavy atom. The zero-order chi connectivity index (χ0) is 12.0. The largest absolute Gasteiger partial charge is 0.477 e. The lowest BCUT2D eigenvalue weighted by Crippen LogP contribution is -2.27. The van der Waals surface area contributed by atoms with Crippen molar-refractivity contribution >= 4 is 5.97 Å². The Balaban J connectivity index is 2.42. The maximum atomic E-state index is 10.8. The summed E-state index contributed by atoms with van der Waals surface area (Å²) in [5.74, 6) is -0.885. The van der Waals surface area contributed by atoms with Crippen molar-refractivity contribution in [1.82, 2.24) is 9.47 Å². The highest BCUT2D eigenvalue weighted by Gasteiger charge is 2.08. The van der Waals surface area contributed by atoms with Crippen LogP contribution in [0.15, 0.2) is 18.3 Å². The van der Waals surface area contributed by atoms with E-state index >= 15 is 0 Å². The van der Waals surface area contributed by atoms with Crippen LogP contribution in [0, 0.1) is 0 Å². The highest BCUT2D eigenvalue weighted by molar-refractivity contribution is 5.85. The van der Waals surface area contributed by atoms with Gasteiger partial charge in [-0.1, -0.05) is 0 Å². The second-order valence-corrected chi connectivity index (χ2v) is 3.69. The molecule has 1 rings (SSSR count). The first-order valence-corrected chi connectivity index (χ1v) is 5.21. The molecule has 1 aromatic heterocycles. The number of methoxy groups -OCH3 is 1. The van der Waals surface area contributed by atoms with Crippen molar-refractivity contribution in [1.29, 1.82) is 0 Å². The number of carboxylic acids is 1. The summed E-state index contributed by atoms with van der Waals surface area (Å²) in [6.45, 7) is 3.02. The first kappa shape index (κ1) is 12.7. The third-order valence-corrected chi connectivity index (χ3v) is 2.45. The monoisotopic (exact) mass is 226 g/mol. The molecule has 1 heterocycles. The zero-order valence-corrected chi connectivity index (χ0v) is 9.72. The number of nitrogens with zero attached hydrogens (tertiary/aromatic N) is 2. The highest BCUT2D eigenvalue weighted by Crippen LogP contribution is 2.02. The Labute approximate surface area is 95.2 Å². The number of carbonyl (C=O) groups is 1. The molecule has 1 N–H and O–H groups in total. The van der Waals surface area contributed by atoms with Crippen molar-refractivity contribution in [2.75, 3.05) is 33.9 Å². The maximum Gasteiger partial charge on any atom is 0.352 e. The summed E-state index contributed by atoms with van der Waals surface area (Å²) in [7, 11) is 3.66. The number of hydrogen-bond acceptors (Lipinski definition) is 3. The minimum absolute atomic E-state index is 0.333. The summed E-state index contributed by atoms with van der Waals surface area (Å²) in [5.41, 5.74) is 0.333. The summed E-state index contributed by atoms with van der Waals surface area (Å²) in [4.78, 5) is 13.0. The van der Waals surface area contributed by atoms with Crippen LogP contribution in [0.2, 0.25) is 0 Å². The predicted molar refractivity (Wildman–Crippen MR) is 60.8 cm³/mol. The van der Waals surface area contributed by atoms with E-state index in [-0.39, 0.29) is 0 Å². The van der Waals surface area contributed by atoms with Gasteiger partial charge in [0.1, 0.15) is 5.69 Å². The molecule has 0 aromatic carbocycles. The zero-order valence-electron chi connectivity index (χ0n) is 9.72. The van der Waals surface area contributed by atoms with E-state index in [4.69, 9.17) is 9.84 Å². The number of rotatable bonds is 7. The maximum absolute atomic E-state index is 10.8. The van der Waals surface area contributed by atoms with Crippen LogP contribution in [0.4, 0.5) is 0 Å². The molecule has 0 amide bonds. The Morgan fingerprint density at radius 2 is 2.31 bits per heavy atom. The minimum Gasteiger partial charge on any atom is -0.477 e. The van der Waals surface area contributed by atoms with Crippen molar-refractivity contribution in [2.45, 2.75) is 6.54 Å². The lowest BCUT2D eigenvalue weighted by Gasteiger charge is -2.16. The number of likely N-dealkylation sites (N-methyl/N-ethyl adjacent to an activating group) is 1. The quantitative estimate of drug-likeness (QED) is 0.746. The van der Waals surface area contributed by atoms with Gasteiger partial charge in [0.15, 0.2) is 0 Å². The fraction of sp³-hybridized carbons (Fsp3) is 0.545. The van der Waals surface area contributed by atoms with Gasteiger partial charge in [0.25, 0.3) is 0 Å². The lowest BCUT2D eigenvalue weighted by atomic mass is 10.4. The summed E-state index contributed by atoms with van der Waals surface area (Å²) in [6.07, 6.45) is 1.79. The van der Waals surface area contributed by atoms with Gasteiger partial charge in [0, 0.05) is 32.9 Å². The van der Waals surface area contributed by atoms with E-state index < -0.39 is 5.97 Å². The van der Waals surface area contributed by atoms with Gasteiger partial charge in [-0.25, -0.2) is 4.79 Å². The van der Waals surface area contributed by atoms with Crippen molar-refractivity contribution in [3.8, 4) is 0 Å². The number of carboxylic acid groups (broad SMARTS) is 1. The number of aromatic nitrogens is 1. The molecule has 0 aliphatic heterocycles. The third-order valence-electron chi connectivity index (χ3n) is 2.45. The molecule has 1 aromatic rings. The van der Waals surface area contributed by atoms with Gasteiger partial charge in [-0.05, 0) is 19.2 Å². The van der Waals surface area contributed by atoms with E-state index in [9.17, 15) is 4.79 Å². The highest BCUT2D eigenvalue weighted by atomic mass is 16.5. The summed E-state index contributed by atoms with van der Waals surface area (Å²) in [6, 6.07) is 3.36. The van der Waals surface area contributed by atoms with Crippen LogP contribution in [0.25, 0.3) is 0 Å². The molecule has 0 spiro atoms. The van der Waals surface area contributed by atoms with Gasteiger partial charge >= 0.3 is 5.97 Å². The summed E-state index contributed by atoms with van der Waals surface area (Å²) >= 11 is 0. The molecule has 0 fully saturated rings. The Kier molecular flexibility index (Phi) is 5.01. The van der Waals surface area contributed by atoms with Gasteiger partial charge in [-0.2, -0.15) is 0 Å². The predicted octanol–water partition coefficient (Wildman–Crippen LogP) is 0.764. The van der Waals surface area contributed by atoms with E-state index in [0.29, 0.717) is 18.8 Å². The van der Waals surface area contributed by atoms with Crippen molar-refractivity contribution in [3.05, 3.63) is 24.0 Å². The standard InChI is InChI=1S/C11H18N2O3/c1-12(8-9-16-2)6-7-13-5-3-4-10(13)11(14)15/h3-5H,6-9H2,1-2H3,(H,14,15). The van der Waals surface area contributed by atoms with Gasteiger partial charge < -0.3 is 19.3 Å². The number of hydrogen-bond donors (Lipinski definition) is 1. The molecule has 0 radical (unpaired) electrons. The Morgan fingerprint density at radius 3 is 2.94 bits per heavy atom. The molecule has 0 saturated heterocycles. The smallest absolute Gasteiger partial charge is 0.352 e. The van der Waals surface area contributed by atoms with Gasteiger partial charge in [0.05, 0.1) is 6.61 Å². The number of aromatic carboxylic acids is 1. The van der Waals surface area contributed by atoms with Crippen LogP contribution in [0.5, 0.6) is 0 Å². The lowest BCUT2D eigenvalue weighted by molar-refractivity contribution is 0.0684. The summed E-state index contributed by atoms with van der Waals surface area (Å²) in [5, 5.41) is 8.91. The van der Waals surface area contributed by atoms with Crippen LogP contribution in [-0.4, -0.2) is 54.4 Å². The minimum atomic E-state index is -0.885. The van der Waals surface area contributed by atoms with E-state index in [1.165, 1.54) is 0 Å².